The maximum Gasteiger partial charge on any atom is 0.236 e. The van der Waals surface area contributed by atoms with E-state index in [-0.39, 0.29) is 18.6 Å². The van der Waals surface area contributed by atoms with Crippen LogP contribution < -0.4 is 0 Å². The standard InChI is InChI=1S/C18H28N2O3/c1-19(11-15(21)13-23-3)12-18(22)20(2)17-10-6-8-14-7-4-5-9-16(14)17/h4-5,7,9,15,17,21H,6,8,10-13H2,1-3H3. The second kappa shape index (κ2) is 8.43. The molecule has 23 heavy (non-hydrogen) atoms. The third-order valence-electron chi connectivity index (χ3n) is 4.49. The molecule has 1 aromatic carbocycles. The highest BCUT2D eigenvalue weighted by Gasteiger charge is 2.27. The van der Waals surface area contributed by atoms with Crippen molar-refractivity contribution < 1.29 is 14.6 Å². The van der Waals surface area contributed by atoms with Crippen molar-refractivity contribution in [1.29, 1.82) is 0 Å². The molecule has 1 amide bonds. The van der Waals surface area contributed by atoms with E-state index in [0.717, 1.165) is 19.3 Å². The molecule has 0 saturated carbocycles. The molecular weight excluding hydrogens is 292 g/mol. The number of fused-ring (bicyclic) bond motifs is 1. The summed E-state index contributed by atoms with van der Waals surface area (Å²) in [7, 11) is 5.29. The highest BCUT2D eigenvalue weighted by atomic mass is 16.5. The van der Waals surface area contributed by atoms with Gasteiger partial charge >= 0.3 is 0 Å². The number of methoxy groups -OCH3 is 1. The number of nitrogens with zero attached hydrogens (tertiary/aromatic N) is 2. The van der Waals surface area contributed by atoms with Crippen LogP contribution >= 0.6 is 0 Å². The van der Waals surface area contributed by atoms with Crippen molar-refractivity contribution in [2.24, 2.45) is 0 Å². The second-order valence-corrected chi connectivity index (χ2v) is 6.42. The minimum Gasteiger partial charge on any atom is -0.389 e. The van der Waals surface area contributed by atoms with Crippen LogP contribution in [0, 0.1) is 0 Å². The Morgan fingerprint density at radius 2 is 2.13 bits per heavy atom. The van der Waals surface area contributed by atoms with E-state index in [9.17, 15) is 9.90 Å². The normalized spacial score (nSPS) is 18.6. The number of aliphatic hydroxyl groups excluding tert-OH is 1. The molecule has 0 heterocycles. The number of benzene rings is 1. The molecule has 5 nitrogen and oxygen atoms in total. The second-order valence-electron chi connectivity index (χ2n) is 6.42. The van der Waals surface area contributed by atoms with Crippen molar-refractivity contribution in [2.75, 3.05) is 40.9 Å². The maximum atomic E-state index is 12.6. The third-order valence-corrected chi connectivity index (χ3v) is 4.49. The lowest BCUT2D eigenvalue weighted by Crippen LogP contribution is -2.42. The first-order chi connectivity index (χ1) is 11.0. The fourth-order valence-electron chi connectivity index (χ4n) is 3.32. The lowest BCUT2D eigenvalue weighted by molar-refractivity contribution is -0.133. The van der Waals surface area contributed by atoms with Crippen LogP contribution in [0.3, 0.4) is 0 Å². The van der Waals surface area contributed by atoms with Crippen molar-refractivity contribution in [3.05, 3.63) is 35.4 Å². The molecule has 128 valence electrons. The zero-order valence-electron chi connectivity index (χ0n) is 14.4. The van der Waals surface area contributed by atoms with Gasteiger partial charge in [0.25, 0.3) is 0 Å². The van der Waals surface area contributed by atoms with E-state index < -0.39 is 6.10 Å². The van der Waals surface area contributed by atoms with Gasteiger partial charge < -0.3 is 14.7 Å². The number of ether oxygens (including phenoxy) is 1. The van der Waals surface area contributed by atoms with Crippen molar-refractivity contribution in [2.45, 2.75) is 31.4 Å². The molecule has 0 fully saturated rings. The molecule has 1 aromatic rings. The Balaban J connectivity index is 1.95. The zero-order chi connectivity index (χ0) is 16.8. The Bertz CT molecular complexity index is 521. The lowest BCUT2D eigenvalue weighted by Gasteiger charge is -2.34. The van der Waals surface area contributed by atoms with Gasteiger partial charge in [-0.1, -0.05) is 24.3 Å². The average Bonchev–Trinajstić information content (AvgIpc) is 2.53. The van der Waals surface area contributed by atoms with E-state index in [4.69, 9.17) is 4.74 Å². The summed E-state index contributed by atoms with van der Waals surface area (Å²) in [6.07, 6.45) is 2.65. The SMILES string of the molecule is COCC(O)CN(C)CC(=O)N(C)C1CCCc2ccccc21. The number of carbonyl (C=O) groups excluding carboxylic acids is 1. The highest BCUT2D eigenvalue weighted by Crippen LogP contribution is 2.33. The first-order valence-corrected chi connectivity index (χ1v) is 8.22. The monoisotopic (exact) mass is 320 g/mol. The minimum atomic E-state index is -0.571. The van der Waals surface area contributed by atoms with E-state index in [0.29, 0.717) is 13.1 Å². The van der Waals surface area contributed by atoms with Crippen molar-refractivity contribution in [1.82, 2.24) is 9.80 Å². The number of hydrogen-bond acceptors (Lipinski definition) is 4. The summed E-state index contributed by atoms with van der Waals surface area (Å²) >= 11 is 0. The summed E-state index contributed by atoms with van der Waals surface area (Å²) in [4.78, 5) is 16.3. The van der Waals surface area contributed by atoms with E-state index in [1.54, 1.807) is 7.11 Å². The van der Waals surface area contributed by atoms with Crippen LogP contribution in [0.5, 0.6) is 0 Å². The van der Waals surface area contributed by atoms with Gasteiger partial charge in [-0.2, -0.15) is 0 Å². The smallest absolute Gasteiger partial charge is 0.236 e. The van der Waals surface area contributed by atoms with Crippen molar-refractivity contribution in [3.63, 3.8) is 0 Å². The number of aryl methyl sites for hydroxylation is 1. The van der Waals surface area contributed by atoms with Gasteiger partial charge in [-0.3, -0.25) is 9.69 Å². The van der Waals surface area contributed by atoms with Gasteiger partial charge in [-0.25, -0.2) is 0 Å². The first-order valence-electron chi connectivity index (χ1n) is 8.22. The Morgan fingerprint density at radius 3 is 2.87 bits per heavy atom. The molecule has 0 spiro atoms. The predicted molar refractivity (Wildman–Crippen MR) is 90.3 cm³/mol. The van der Waals surface area contributed by atoms with Gasteiger partial charge in [0.2, 0.25) is 5.91 Å². The zero-order valence-corrected chi connectivity index (χ0v) is 14.4. The van der Waals surface area contributed by atoms with Crippen LogP contribution in [-0.2, 0) is 16.0 Å². The number of rotatable bonds is 7. The Morgan fingerprint density at radius 1 is 1.39 bits per heavy atom. The molecule has 2 rings (SSSR count). The fraction of sp³-hybridized carbons (Fsp3) is 0.611. The molecule has 1 aliphatic rings. The van der Waals surface area contributed by atoms with Gasteiger partial charge in [0, 0.05) is 20.7 Å². The summed E-state index contributed by atoms with van der Waals surface area (Å²) < 4.78 is 4.92. The van der Waals surface area contributed by atoms with E-state index >= 15 is 0 Å². The summed E-state index contributed by atoms with van der Waals surface area (Å²) in [6.45, 7) is 1.01. The molecule has 0 saturated heterocycles. The van der Waals surface area contributed by atoms with Gasteiger partial charge in [0.1, 0.15) is 0 Å². The molecule has 0 bridgehead atoms. The lowest BCUT2D eigenvalue weighted by atomic mass is 9.87. The molecular formula is C18H28N2O3. The maximum absolute atomic E-state index is 12.6. The average molecular weight is 320 g/mol. The van der Waals surface area contributed by atoms with Gasteiger partial charge in [-0.05, 0) is 37.4 Å². The van der Waals surface area contributed by atoms with Crippen molar-refractivity contribution in [3.8, 4) is 0 Å². The molecule has 0 aliphatic heterocycles. The highest BCUT2D eigenvalue weighted by molar-refractivity contribution is 5.78. The minimum absolute atomic E-state index is 0.0822. The third kappa shape index (κ3) is 4.77. The molecule has 5 heteroatoms. The summed E-state index contributed by atoms with van der Waals surface area (Å²) in [5.41, 5.74) is 2.63. The number of amides is 1. The van der Waals surface area contributed by atoms with Gasteiger partial charge in [0.05, 0.1) is 25.3 Å². The van der Waals surface area contributed by atoms with Crippen LogP contribution in [0.2, 0.25) is 0 Å². The van der Waals surface area contributed by atoms with Crippen molar-refractivity contribution >= 4 is 5.91 Å². The number of likely N-dealkylation sites (N-methyl/N-ethyl adjacent to an activating group) is 2. The summed E-state index contributed by atoms with van der Waals surface area (Å²) in [6, 6.07) is 8.56. The molecule has 0 aromatic heterocycles. The molecule has 2 atom stereocenters. The van der Waals surface area contributed by atoms with Crippen LogP contribution in [-0.4, -0.2) is 67.8 Å². The topological polar surface area (TPSA) is 53.0 Å². The number of carbonyl (C=O) groups is 1. The van der Waals surface area contributed by atoms with Crippen LogP contribution in [0.25, 0.3) is 0 Å². The van der Waals surface area contributed by atoms with E-state index in [1.807, 2.05) is 30.0 Å². The molecule has 1 aliphatic carbocycles. The molecule has 1 N–H and O–H groups in total. The Kier molecular flexibility index (Phi) is 6.57. The molecule has 0 radical (unpaired) electrons. The fourth-order valence-corrected chi connectivity index (χ4v) is 3.32. The molecule has 2 unspecified atom stereocenters. The Hall–Kier alpha value is -1.43. The summed E-state index contributed by atoms with van der Waals surface area (Å²) in [5.74, 6) is 0.0822. The van der Waals surface area contributed by atoms with Crippen LogP contribution in [0.4, 0.5) is 0 Å². The quantitative estimate of drug-likeness (QED) is 0.826. The van der Waals surface area contributed by atoms with Crippen LogP contribution in [0.15, 0.2) is 24.3 Å². The largest absolute Gasteiger partial charge is 0.389 e. The first kappa shape index (κ1) is 17.9. The van der Waals surface area contributed by atoms with E-state index in [1.165, 1.54) is 11.1 Å². The predicted octanol–water partition coefficient (Wildman–Crippen LogP) is 1.46. The van der Waals surface area contributed by atoms with Gasteiger partial charge in [0.15, 0.2) is 0 Å². The Labute approximate surface area is 138 Å². The number of hydrogen-bond donors (Lipinski definition) is 1. The van der Waals surface area contributed by atoms with Crippen LogP contribution in [0.1, 0.15) is 30.0 Å². The van der Waals surface area contributed by atoms with Gasteiger partial charge in [-0.15, -0.1) is 0 Å². The van der Waals surface area contributed by atoms with E-state index in [2.05, 4.69) is 18.2 Å². The number of aliphatic hydroxyl groups is 1. The summed E-state index contributed by atoms with van der Waals surface area (Å²) in [5, 5.41) is 9.76.